The van der Waals surface area contributed by atoms with Gasteiger partial charge in [0.25, 0.3) is 0 Å². The highest BCUT2D eigenvalue weighted by molar-refractivity contribution is 5.64. The molecule has 0 bridgehead atoms. The molecule has 3 aromatic carbocycles. The van der Waals surface area contributed by atoms with Gasteiger partial charge in [-0.25, -0.2) is 0 Å². The van der Waals surface area contributed by atoms with Crippen LogP contribution in [0.25, 0.3) is 11.1 Å². The van der Waals surface area contributed by atoms with E-state index in [1.165, 1.54) is 28.7 Å². The molecule has 0 nitrogen and oxygen atoms in total. The number of unbranched alkanes of at least 4 members (excludes halogenated alkanes) is 1. The molecule has 3 aromatic rings. The highest BCUT2D eigenvalue weighted by Crippen LogP contribution is 2.20. The third-order valence-corrected chi connectivity index (χ3v) is 5.08. The van der Waals surface area contributed by atoms with Crippen LogP contribution in [0.15, 0.2) is 72.8 Å². The molecule has 0 radical (unpaired) electrons. The van der Waals surface area contributed by atoms with Crippen LogP contribution in [0.1, 0.15) is 61.8 Å². The van der Waals surface area contributed by atoms with Crippen molar-refractivity contribution in [2.45, 2.75) is 52.4 Å². The fourth-order valence-electron chi connectivity index (χ4n) is 3.39. The molecular formula is C30H30. The second-order valence-corrected chi connectivity index (χ2v) is 7.53. The molecule has 150 valence electrons. The van der Waals surface area contributed by atoms with Gasteiger partial charge < -0.3 is 0 Å². The first-order valence-corrected chi connectivity index (χ1v) is 11.0. The summed E-state index contributed by atoms with van der Waals surface area (Å²) in [6, 6.07) is 26.0. The van der Waals surface area contributed by atoms with Crippen molar-refractivity contribution in [3.8, 4) is 34.8 Å². The standard InChI is InChI=1S/C30H30/c1-3-5-6-7-8-10-26-11-13-27(14-12-26)15-16-28-19-23-30(24-20-28)29-21-17-25(9-4-2)18-22-29/h11-14,17-24H,3-4,7-10H2,1-2H3. The summed E-state index contributed by atoms with van der Waals surface area (Å²) >= 11 is 0. The average molecular weight is 391 g/mol. The van der Waals surface area contributed by atoms with E-state index in [-0.39, 0.29) is 0 Å². The van der Waals surface area contributed by atoms with Crippen LogP contribution < -0.4 is 0 Å². The summed E-state index contributed by atoms with van der Waals surface area (Å²) in [7, 11) is 0. The largest absolute Gasteiger partial charge is 0.104 e. The average Bonchev–Trinajstić information content (AvgIpc) is 2.79. The maximum atomic E-state index is 3.28. The van der Waals surface area contributed by atoms with Crippen molar-refractivity contribution < 1.29 is 0 Å². The first-order valence-electron chi connectivity index (χ1n) is 11.0. The molecule has 0 aliphatic heterocycles. The van der Waals surface area contributed by atoms with Crippen LogP contribution >= 0.6 is 0 Å². The molecule has 30 heavy (non-hydrogen) atoms. The van der Waals surface area contributed by atoms with Gasteiger partial charge in [-0.1, -0.05) is 80.6 Å². The zero-order chi connectivity index (χ0) is 21.0. The van der Waals surface area contributed by atoms with E-state index in [1.807, 2.05) is 0 Å². The summed E-state index contributed by atoms with van der Waals surface area (Å²) in [6.07, 6.45) is 6.45. The topological polar surface area (TPSA) is 0 Å². The predicted octanol–water partition coefficient (Wildman–Crippen LogP) is 7.44. The first kappa shape index (κ1) is 21.5. The Kier molecular flexibility index (Phi) is 8.38. The van der Waals surface area contributed by atoms with Crippen molar-refractivity contribution in [3.63, 3.8) is 0 Å². The lowest BCUT2D eigenvalue weighted by Crippen LogP contribution is -1.85. The minimum atomic E-state index is 0.947. The summed E-state index contributed by atoms with van der Waals surface area (Å²) in [6.45, 7) is 4.31. The Morgan fingerprint density at radius 1 is 0.567 bits per heavy atom. The lowest BCUT2D eigenvalue weighted by atomic mass is 10.0. The Morgan fingerprint density at radius 2 is 1.07 bits per heavy atom. The van der Waals surface area contributed by atoms with Crippen molar-refractivity contribution >= 4 is 0 Å². The van der Waals surface area contributed by atoms with E-state index < -0.39 is 0 Å². The van der Waals surface area contributed by atoms with Gasteiger partial charge in [0.15, 0.2) is 0 Å². The van der Waals surface area contributed by atoms with Crippen LogP contribution in [0.3, 0.4) is 0 Å². The lowest BCUT2D eigenvalue weighted by molar-refractivity contribution is 0.857. The third kappa shape index (κ3) is 6.69. The molecule has 0 aliphatic carbocycles. The molecule has 0 heterocycles. The van der Waals surface area contributed by atoms with Crippen LogP contribution in [0.5, 0.6) is 0 Å². The Bertz CT molecular complexity index is 1030. The lowest BCUT2D eigenvalue weighted by Gasteiger charge is -2.04. The van der Waals surface area contributed by atoms with E-state index in [4.69, 9.17) is 0 Å². The van der Waals surface area contributed by atoms with E-state index >= 15 is 0 Å². The van der Waals surface area contributed by atoms with Crippen molar-refractivity contribution in [2.24, 2.45) is 0 Å². The number of hydrogen-bond donors (Lipinski definition) is 0. The van der Waals surface area contributed by atoms with Crippen molar-refractivity contribution in [1.29, 1.82) is 0 Å². The van der Waals surface area contributed by atoms with Crippen molar-refractivity contribution in [1.82, 2.24) is 0 Å². The number of benzene rings is 3. The molecule has 0 spiro atoms. The highest BCUT2D eigenvalue weighted by Gasteiger charge is 1.98. The van der Waals surface area contributed by atoms with Crippen molar-refractivity contribution in [2.75, 3.05) is 0 Å². The fourth-order valence-corrected chi connectivity index (χ4v) is 3.39. The summed E-state index contributed by atoms with van der Waals surface area (Å²) < 4.78 is 0. The Balaban J connectivity index is 1.58. The molecule has 0 saturated heterocycles. The van der Waals surface area contributed by atoms with Gasteiger partial charge in [0.1, 0.15) is 0 Å². The molecule has 0 N–H and O–H groups in total. The number of rotatable bonds is 6. The highest BCUT2D eigenvalue weighted by atomic mass is 14.0. The summed E-state index contributed by atoms with van der Waals surface area (Å²) in [5.74, 6) is 12.9. The molecule has 0 aliphatic rings. The second kappa shape index (κ2) is 11.7. The summed E-state index contributed by atoms with van der Waals surface area (Å²) in [5, 5.41) is 0. The van der Waals surface area contributed by atoms with Crippen LogP contribution in [-0.4, -0.2) is 0 Å². The quantitative estimate of drug-likeness (QED) is 0.303. The summed E-state index contributed by atoms with van der Waals surface area (Å²) in [4.78, 5) is 0. The Labute approximate surface area is 182 Å². The van der Waals surface area contributed by atoms with Gasteiger partial charge in [-0.2, -0.15) is 0 Å². The van der Waals surface area contributed by atoms with Gasteiger partial charge in [-0.3, -0.25) is 0 Å². The van der Waals surface area contributed by atoms with Gasteiger partial charge >= 0.3 is 0 Å². The molecule has 0 amide bonds. The van der Waals surface area contributed by atoms with E-state index in [0.717, 1.165) is 43.2 Å². The minimum absolute atomic E-state index is 0.947. The molecule has 0 atom stereocenters. The Hall–Kier alpha value is -3.22. The molecule has 0 heteroatoms. The van der Waals surface area contributed by atoms with Gasteiger partial charge in [0.05, 0.1) is 0 Å². The van der Waals surface area contributed by atoms with E-state index in [2.05, 4.69) is 110 Å². The maximum Gasteiger partial charge on any atom is 0.0249 e. The summed E-state index contributed by atoms with van der Waals surface area (Å²) in [5.41, 5.74) is 7.34. The van der Waals surface area contributed by atoms with E-state index in [9.17, 15) is 0 Å². The van der Waals surface area contributed by atoms with Gasteiger partial charge in [-0.05, 0) is 65.8 Å². The monoisotopic (exact) mass is 390 g/mol. The van der Waals surface area contributed by atoms with Gasteiger partial charge in [0.2, 0.25) is 0 Å². The first-order chi connectivity index (χ1) is 14.8. The molecule has 3 rings (SSSR count). The van der Waals surface area contributed by atoms with Crippen LogP contribution in [0, 0.1) is 23.7 Å². The van der Waals surface area contributed by atoms with Crippen molar-refractivity contribution in [3.05, 3.63) is 95.1 Å². The zero-order valence-electron chi connectivity index (χ0n) is 18.2. The number of hydrogen-bond acceptors (Lipinski definition) is 0. The zero-order valence-corrected chi connectivity index (χ0v) is 18.2. The third-order valence-electron chi connectivity index (χ3n) is 5.08. The molecule has 0 saturated carbocycles. The van der Waals surface area contributed by atoms with Gasteiger partial charge in [0, 0.05) is 24.0 Å². The van der Waals surface area contributed by atoms with E-state index in [0.29, 0.717) is 0 Å². The fraction of sp³-hybridized carbons (Fsp3) is 0.267. The molecule has 0 aromatic heterocycles. The smallest absolute Gasteiger partial charge is 0.0249 e. The maximum absolute atomic E-state index is 3.28. The second-order valence-electron chi connectivity index (χ2n) is 7.53. The SMILES string of the molecule is CCC#CCCCc1ccc(C#Cc2ccc(-c3ccc(CCC)cc3)cc2)cc1. The molecular weight excluding hydrogens is 360 g/mol. The minimum Gasteiger partial charge on any atom is -0.104 e. The molecule has 0 unspecified atom stereocenters. The van der Waals surface area contributed by atoms with Crippen LogP contribution in [0.2, 0.25) is 0 Å². The number of aryl methyl sites for hydroxylation is 2. The molecule has 0 fully saturated rings. The predicted molar refractivity (Wildman–Crippen MR) is 129 cm³/mol. The van der Waals surface area contributed by atoms with Crippen LogP contribution in [0.4, 0.5) is 0 Å². The van der Waals surface area contributed by atoms with Crippen LogP contribution in [-0.2, 0) is 12.8 Å². The Morgan fingerprint density at radius 3 is 1.63 bits per heavy atom. The normalized spacial score (nSPS) is 9.93. The van der Waals surface area contributed by atoms with E-state index in [1.54, 1.807) is 0 Å². The van der Waals surface area contributed by atoms with Gasteiger partial charge in [-0.15, -0.1) is 11.8 Å².